The van der Waals surface area contributed by atoms with Gasteiger partial charge in [-0.25, -0.2) is 4.79 Å². The van der Waals surface area contributed by atoms with Gasteiger partial charge in [0.15, 0.2) is 0 Å². The first kappa shape index (κ1) is 50.5. The molecule has 0 fully saturated rings. The first-order valence-electron chi connectivity index (χ1n) is 21.5. The maximum Gasteiger partial charge on any atom is 0.342 e. The molecule has 0 amide bonds. The molecule has 0 saturated carbocycles. The molecule has 6 aromatic rings. The van der Waals surface area contributed by atoms with Crippen molar-refractivity contribution in [3.05, 3.63) is 144 Å². The van der Waals surface area contributed by atoms with E-state index in [1.165, 1.54) is 6.07 Å². The molecule has 344 valence electrons. The van der Waals surface area contributed by atoms with E-state index in [2.05, 4.69) is 18.7 Å². The van der Waals surface area contributed by atoms with Gasteiger partial charge >= 0.3 is 23.5 Å². The number of hydrogen-bond acceptors (Lipinski definition) is 13. The molecule has 0 aliphatic heterocycles. The SMILES string of the molecule is CC(C)C(=O)OC(C)c1cc2ccccc2cc1[N+](=O)[O-].CC(C)C(=O)OC(C)c1ccc2ccccc2c1[N+](=O)[O-].CCN(CC)c1ccc2cc(COC(=O)C(C)C)c(=O)oc2c1. The van der Waals surface area contributed by atoms with Gasteiger partial charge in [0.2, 0.25) is 0 Å². The van der Waals surface area contributed by atoms with Gasteiger partial charge in [-0.15, -0.1) is 0 Å². The van der Waals surface area contributed by atoms with Crippen molar-refractivity contribution < 1.29 is 42.9 Å². The van der Waals surface area contributed by atoms with E-state index in [0.717, 1.165) is 40.3 Å². The summed E-state index contributed by atoms with van der Waals surface area (Å²) < 4.78 is 21.1. The van der Waals surface area contributed by atoms with E-state index in [-0.39, 0.29) is 53.6 Å². The van der Waals surface area contributed by atoms with Gasteiger partial charge in [0.1, 0.15) is 24.4 Å². The van der Waals surface area contributed by atoms with Crippen LogP contribution in [0.2, 0.25) is 0 Å². The van der Waals surface area contributed by atoms with Crippen LogP contribution in [0.15, 0.2) is 106 Å². The number of ether oxygens (including phenoxy) is 3. The topological polar surface area (TPSA) is 199 Å². The molecule has 0 N–H and O–H groups in total. The lowest BCUT2D eigenvalue weighted by molar-refractivity contribution is -0.386. The molecule has 1 aromatic heterocycles. The lowest BCUT2D eigenvalue weighted by Gasteiger charge is -2.21. The minimum Gasteiger partial charge on any atom is -0.460 e. The van der Waals surface area contributed by atoms with Crippen LogP contribution in [0, 0.1) is 38.0 Å². The van der Waals surface area contributed by atoms with Crippen LogP contribution in [0.4, 0.5) is 17.1 Å². The highest BCUT2D eigenvalue weighted by molar-refractivity contribution is 5.92. The van der Waals surface area contributed by atoms with Gasteiger partial charge in [-0.05, 0) is 80.3 Å². The zero-order valence-electron chi connectivity index (χ0n) is 38.5. The maximum absolute atomic E-state index is 12.1. The Bertz CT molecular complexity index is 2690. The molecule has 15 heteroatoms. The van der Waals surface area contributed by atoms with Gasteiger partial charge in [0.05, 0.1) is 49.7 Å². The molecular formula is C50H57N3O12. The molecule has 2 atom stereocenters. The van der Waals surface area contributed by atoms with Crippen LogP contribution in [0.1, 0.15) is 98.1 Å². The molecule has 0 saturated heterocycles. The van der Waals surface area contributed by atoms with E-state index in [0.29, 0.717) is 27.7 Å². The highest BCUT2D eigenvalue weighted by Gasteiger charge is 2.26. The summed E-state index contributed by atoms with van der Waals surface area (Å²) >= 11 is 0. The predicted molar refractivity (Wildman–Crippen MR) is 251 cm³/mol. The molecular weight excluding hydrogens is 835 g/mol. The number of nitrogens with zero attached hydrogens (tertiary/aromatic N) is 3. The summed E-state index contributed by atoms with van der Waals surface area (Å²) in [5.41, 5.74) is 2.23. The fraction of sp³-hybridized carbons (Fsp3) is 0.360. The van der Waals surface area contributed by atoms with Gasteiger partial charge in [-0.2, -0.15) is 0 Å². The lowest BCUT2D eigenvalue weighted by Crippen LogP contribution is -2.21. The Morgan fingerprint density at radius 1 is 0.615 bits per heavy atom. The van der Waals surface area contributed by atoms with Crippen LogP contribution in [-0.2, 0) is 35.2 Å². The summed E-state index contributed by atoms with van der Waals surface area (Å²) in [5, 5.41) is 26.5. The van der Waals surface area contributed by atoms with Crippen LogP contribution < -0.4 is 10.5 Å². The molecule has 6 rings (SSSR count). The highest BCUT2D eigenvalue weighted by atomic mass is 16.6. The number of hydrogen-bond donors (Lipinski definition) is 0. The molecule has 1 heterocycles. The van der Waals surface area contributed by atoms with E-state index in [9.17, 15) is 39.4 Å². The molecule has 5 aromatic carbocycles. The largest absolute Gasteiger partial charge is 0.460 e. The zero-order chi connectivity index (χ0) is 48.1. The van der Waals surface area contributed by atoms with Gasteiger partial charge in [-0.3, -0.25) is 34.6 Å². The molecule has 15 nitrogen and oxygen atoms in total. The number of benzene rings is 5. The minimum atomic E-state index is -0.662. The minimum absolute atomic E-state index is 0.00263. The summed E-state index contributed by atoms with van der Waals surface area (Å²) in [7, 11) is 0. The van der Waals surface area contributed by atoms with Gasteiger partial charge in [0, 0.05) is 36.3 Å². The second-order valence-corrected chi connectivity index (χ2v) is 16.2. The van der Waals surface area contributed by atoms with Crippen molar-refractivity contribution in [3.63, 3.8) is 0 Å². The standard InChI is InChI=1S/C18H23NO4.2C16H17NO4/c1-5-19(6-2)15-8-7-13-9-14(11-22-17(20)12(3)4)18(21)23-16(13)10-15;1-10(2)16(18)21-11(3)14-8-12-6-4-5-7-13(12)9-15(14)17(19)20;1-10(2)16(18)21-11(3)13-9-8-12-6-4-5-7-14(12)15(13)17(19)20/h7-10,12H,5-6,11H2,1-4H3;2*4-11H,1-3H3. The van der Waals surface area contributed by atoms with E-state index in [1.54, 1.807) is 91.8 Å². The summed E-state index contributed by atoms with van der Waals surface area (Å²) in [5.74, 6) is -1.84. The first-order chi connectivity index (χ1) is 30.8. The molecule has 0 aliphatic carbocycles. The summed E-state index contributed by atoms with van der Waals surface area (Å²) in [6, 6.07) is 28.7. The fourth-order valence-electron chi connectivity index (χ4n) is 6.63. The smallest absolute Gasteiger partial charge is 0.342 e. The lowest BCUT2D eigenvalue weighted by atomic mass is 10.0. The van der Waals surface area contributed by atoms with Crippen molar-refractivity contribution in [2.75, 3.05) is 18.0 Å². The van der Waals surface area contributed by atoms with Crippen LogP contribution in [0.3, 0.4) is 0 Å². The summed E-state index contributed by atoms with van der Waals surface area (Å²) in [4.78, 5) is 70.9. The van der Waals surface area contributed by atoms with Crippen molar-refractivity contribution in [2.24, 2.45) is 17.8 Å². The second kappa shape index (κ2) is 23.0. The summed E-state index contributed by atoms with van der Waals surface area (Å²) in [6.07, 6.45) is -1.32. The first-order valence-corrected chi connectivity index (χ1v) is 21.5. The molecule has 0 spiro atoms. The Labute approximate surface area is 377 Å². The van der Waals surface area contributed by atoms with Crippen molar-refractivity contribution in [3.8, 4) is 0 Å². The number of nitro benzene ring substituents is 2. The number of rotatable bonds is 14. The number of anilines is 1. The number of esters is 3. The van der Waals surface area contributed by atoms with Crippen LogP contribution >= 0.6 is 0 Å². The number of carbonyl (C=O) groups excluding carboxylic acids is 3. The number of fused-ring (bicyclic) bond motifs is 3. The Balaban J connectivity index is 0.000000214. The Kier molecular flexibility index (Phi) is 17.8. The van der Waals surface area contributed by atoms with E-state index >= 15 is 0 Å². The average Bonchev–Trinajstić information content (AvgIpc) is 3.27. The van der Waals surface area contributed by atoms with E-state index in [4.69, 9.17) is 18.6 Å². The Morgan fingerprint density at radius 3 is 1.68 bits per heavy atom. The Morgan fingerprint density at radius 2 is 1.14 bits per heavy atom. The van der Waals surface area contributed by atoms with Crippen molar-refractivity contribution in [1.82, 2.24) is 0 Å². The normalized spacial score (nSPS) is 11.9. The maximum atomic E-state index is 12.1. The van der Waals surface area contributed by atoms with Gasteiger partial charge in [0.25, 0.3) is 11.4 Å². The molecule has 2 unspecified atom stereocenters. The van der Waals surface area contributed by atoms with Crippen LogP contribution in [0.5, 0.6) is 0 Å². The average molecular weight is 892 g/mol. The van der Waals surface area contributed by atoms with Gasteiger partial charge in [-0.1, -0.05) is 90.1 Å². The predicted octanol–water partition coefficient (Wildman–Crippen LogP) is 11.4. The molecule has 65 heavy (non-hydrogen) atoms. The second-order valence-electron chi connectivity index (χ2n) is 16.2. The third-order valence-electron chi connectivity index (χ3n) is 10.4. The molecule has 0 aliphatic rings. The Hall–Kier alpha value is -7.16. The molecule has 0 bridgehead atoms. The van der Waals surface area contributed by atoms with Crippen molar-refractivity contribution in [2.45, 2.75) is 88.1 Å². The quantitative estimate of drug-likeness (QED) is 0.0329. The third-order valence-corrected chi connectivity index (χ3v) is 10.4. The van der Waals surface area contributed by atoms with Gasteiger partial charge < -0.3 is 23.5 Å². The monoisotopic (exact) mass is 891 g/mol. The zero-order valence-corrected chi connectivity index (χ0v) is 38.5. The fourth-order valence-corrected chi connectivity index (χ4v) is 6.63. The van der Waals surface area contributed by atoms with E-state index < -0.39 is 27.7 Å². The number of nitro groups is 2. The van der Waals surface area contributed by atoms with Crippen LogP contribution in [0.25, 0.3) is 32.5 Å². The molecule has 0 radical (unpaired) electrons. The third kappa shape index (κ3) is 13.2. The number of carbonyl (C=O) groups is 3. The summed E-state index contributed by atoms with van der Waals surface area (Å²) in [6.45, 7) is 19.6. The highest BCUT2D eigenvalue weighted by Crippen LogP contribution is 2.35. The van der Waals surface area contributed by atoms with E-state index in [1.807, 2.05) is 54.6 Å². The van der Waals surface area contributed by atoms with Crippen molar-refractivity contribution >= 4 is 67.5 Å². The van der Waals surface area contributed by atoms with Crippen LogP contribution in [-0.4, -0.2) is 40.8 Å². The van der Waals surface area contributed by atoms with Crippen molar-refractivity contribution in [1.29, 1.82) is 0 Å².